The number of rotatable bonds is 3. The molecule has 0 bridgehead atoms. The zero-order valence-corrected chi connectivity index (χ0v) is 15.0. The Bertz CT molecular complexity index is 746. The summed E-state index contributed by atoms with van der Waals surface area (Å²) in [6.45, 7) is 1.93. The molecule has 0 aromatic heterocycles. The maximum Gasteiger partial charge on any atom is 0.248 e. The highest BCUT2D eigenvalue weighted by Gasteiger charge is 2.49. The van der Waals surface area contributed by atoms with E-state index in [0.29, 0.717) is 16.6 Å². The average Bonchev–Trinajstić information content (AvgIpc) is 2.91. The molecule has 8 heteroatoms. The number of anilines is 1. The van der Waals surface area contributed by atoms with Gasteiger partial charge in [-0.3, -0.25) is 4.79 Å². The molecule has 1 aromatic carbocycles. The van der Waals surface area contributed by atoms with Crippen molar-refractivity contribution in [2.75, 3.05) is 16.4 Å². The van der Waals surface area contributed by atoms with Crippen molar-refractivity contribution >= 4 is 50.0 Å². The molecule has 0 spiro atoms. The number of halogens is 1. The van der Waals surface area contributed by atoms with Gasteiger partial charge >= 0.3 is 0 Å². The Kier molecular flexibility index (Phi) is 4.71. The summed E-state index contributed by atoms with van der Waals surface area (Å²) in [6.07, 6.45) is 1.13. The molecule has 1 aromatic rings. The quantitative estimate of drug-likeness (QED) is 0.816. The van der Waals surface area contributed by atoms with Crippen LogP contribution >= 0.6 is 23.4 Å². The molecule has 2 aliphatic rings. The lowest BCUT2D eigenvalue weighted by Crippen LogP contribution is -2.37. The second-order valence-electron chi connectivity index (χ2n) is 5.69. The normalized spacial score (nSPS) is 27.4. The van der Waals surface area contributed by atoms with Crippen LogP contribution in [0.1, 0.15) is 19.8 Å². The number of amidine groups is 1. The molecule has 2 atom stereocenters. The van der Waals surface area contributed by atoms with Crippen molar-refractivity contribution in [2.45, 2.75) is 31.1 Å². The number of carbonyl (C=O) groups is 1. The van der Waals surface area contributed by atoms with Crippen molar-refractivity contribution in [1.82, 2.24) is 0 Å². The summed E-state index contributed by atoms with van der Waals surface area (Å²) in [4.78, 5) is 18.0. The van der Waals surface area contributed by atoms with Gasteiger partial charge in [0.05, 0.1) is 17.5 Å². The van der Waals surface area contributed by atoms with Crippen LogP contribution in [0.3, 0.4) is 0 Å². The largest absolute Gasteiger partial charge is 0.316 e. The Morgan fingerprint density at radius 3 is 2.70 bits per heavy atom. The van der Waals surface area contributed by atoms with Crippen molar-refractivity contribution in [1.29, 1.82) is 0 Å². The van der Waals surface area contributed by atoms with Crippen LogP contribution in [-0.4, -0.2) is 42.3 Å². The van der Waals surface area contributed by atoms with Crippen LogP contribution < -0.4 is 4.90 Å². The van der Waals surface area contributed by atoms with Crippen molar-refractivity contribution in [3.05, 3.63) is 29.3 Å². The lowest BCUT2D eigenvalue weighted by Gasteiger charge is -2.24. The number of sulfone groups is 1. The first kappa shape index (κ1) is 16.8. The van der Waals surface area contributed by atoms with E-state index in [1.165, 1.54) is 11.8 Å². The molecule has 1 amide bonds. The summed E-state index contributed by atoms with van der Waals surface area (Å²) in [5.74, 6) is 0.0543. The summed E-state index contributed by atoms with van der Waals surface area (Å²) >= 11 is 7.32. The van der Waals surface area contributed by atoms with Gasteiger partial charge in [-0.05, 0) is 30.7 Å². The fraction of sp³-hybridized carbons (Fsp3) is 0.467. The molecule has 2 fully saturated rings. The van der Waals surface area contributed by atoms with Crippen LogP contribution in [0.4, 0.5) is 5.69 Å². The highest BCUT2D eigenvalue weighted by molar-refractivity contribution is 8.16. The van der Waals surface area contributed by atoms with E-state index >= 15 is 0 Å². The lowest BCUT2D eigenvalue weighted by atomic mass is 10.2. The summed E-state index contributed by atoms with van der Waals surface area (Å²) in [5.41, 5.74) is 0.814. The van der Waals surface area contributed by atoms with Gasteiger partial charge in [0, 0.05) is 22.4 Å². The summed E-state index contributed by atoms with van der Waals surface area (Å²) in [5, 5.41) is 1.12. The number of aliphatic imine (C=N–C) groups is 1. The van der Waals surface area contributed by atoms with Gasteiger partial charge in [0.1, 0.15) is 0 Å². The molecule has 23 heavy (non-hydrogen) atoms. The molecule has 0 radical (unpaired) electrons. The van der Waals surface area contributed by atoms with Gasteiger partial charge < -0.3 is 4.90 Å². The molecule has 124 valence electrons. The Balaban J connectivity index is 1.97. The number of hydrogen-bond donors (Lipinski definition) is 0. The predicted octanol–water partition coefficient (Wildman–Crippen LogP) is 2.74. The molecule has 5 nitrogen and oxygen atoms in total. The number of amides is 1. The number of benzene rings is 1. The molecule has 2 saturated heterocycles. The zero-order chi connectivity index (χ0) is 16.6. The smallest absolute Gasteiger partial charge is 0.248 e. The first-order valence-electron chi connectivity index (χ1n) is 7.43. The standard InChI is InChI=1S/C15H17ClN2O3S2/c1-2-3-14(19)17-15-18(11-6-4-10(16)5-7-11)12-8-23(20,21)9-13(12)22-15/h4-7,12-13H,2-3,8-9H2,1H3/t12-,13-/m0/s1. The second kappa shape index (κ2) is 6.45. The third-order valence-electron chi connectivity index (χ3n) is 3.86. The SMILES string of the molecule is CCCC(=O)N=C1S[C@H]2CS(=O)(=O)C[C@@H]2N1c1ccc(Cl)cc1. The number of carbonyl (C=O) groups excluding carboxylic acids is 1. The maximum absolute atomic E-state index is 11.9. The molecule has 2 aliphatic heterocycles. The predicted molar refractivity (Wildman–Crippen MR) is 95.1 cm³/mol. The van der Waals surface area contributed by atoms with E-state index < -0.39 is 9.84 Å². The first-order valence-corrected chi connectivity index (χ1v) is 10.5. The van der Waals surface area contributed by atoms with E-state index in [1.807, 2.05) is 24.0 Å². The number of fused-ring (bicyclic) bond motifs is 1. The van der Waals surface area contributed by atoms with Gasteiger partial charge in [-0.15, -0.1) is 0 Å². The van der Waals surface area contributed by atoms with Crippen LogP contribution in [0.15, 0.2) is 29.3 Å². The van der Waals surface area contributed by atoms with E-state index in [0.717, 1.165) is 12.1 Å². The Morgan fingerprint density at radius 2 is 2.04 bits per heavy atom. The fourth-order valence-corrected chi connectivity index (χ4v) is 6.90. The first-order chi connectivity index (χ1) is 10.9. The maximum atomic E-state index is 11.9. The highest BCUT2D eigenvalue weighted by atomic mass is 35.5. The van der Waals surface area contributed by atoms with Crippen LogP contribution in [0.2, 0.25) is 5.02 Å². The molecular formula is C15H17ClN2O3S2. The van der Waals surface area contributed by atoms with Gasteiger partial charge in [-0.1, -0.05) is 30.3 Å². The Labute approximate surface area is 145 Å². The third-order valence-corrected chi connectivity index (χ3v) is 7.32. The Hall–Kier alpha value is -1.05. The molecule has 0 unspecified atom stereocenters. The number of thioether (sulfide) groups is 1. The van der Waals surface area contributed by atoms with E-state index in [2.05, 4.69) is 4.99 Å². The van der Waals surface area contributed by atoms with E-state index in [1.54, 1.807) is 12.1 Å². The second-order valence-corrected chi connectivity index (χ2v) is 9.48. The fourth-order valence-electron chi connectivity index (χ4n) is 2.84. The molecular weight excluding hydrogens is 356 g/mol. The lowest BCUT2D eigenvalue weighted by molar-refractivity contribution is -0.117. The van der Waals surface area contributed by atoms with Crippen LogP contribution in [0.25, 0.3) is 0 Å². The van der Waals surface area contributed by atoms with Crippen molar-refractivity contribution in [2.24, 2.45) is 4.99 Å². The molecule has 0 N–H and O–H groups in total. The van der Waals surface area contributed by atoms with Crippen molar-refractivity contribution in [3.63, 3.8) is 0 Å². The summed E-state index contributed by atoms with van der Waals surface area (Å²) in [7, 11) is -3.05. The Morgan fingerprint density at radius 1 is 1.35 bits per heavy atom. The molecule has 2 heterocycles. The number of nitrogens with zero attached hydrogens (tertiary/aromatic N) is 2. The monoisotopic (exact) mass is 372 g/mol. The van der Waals surface area contributed by atoms with Crippen LogP contribution in [-0.2, 0) is 14.6 Å². The minimum absolute atomic E-state index is 0.0798. The summed E-state index contributed by atoms with van der Waals surface area (Å²) in [6, 6.07) is 6.99. The highest BCUT2D eigenvalue weighted by Crippen LogP contribution is 2.41. The van der Waals surface area contributed by atoms with E-state index in [4.69, 9.17) is 11.6 Å². The molecule has 3 rings (SSSR count). The topological polar surface area (TPSA) is 66.8 Å². The van der Waals surface area contributed by atoms with Gasteiger partial charge in [0.15, 0.2) is 15.0 Å². The van der Waals surface area contributed by atoms with Gasteiger partial charge in [-0.2, -0.15) is 4.99 Å². The third kappa shape index (κ3) is 3.56. The summed E-state index contributed by atoms with van der Waals surface area (Å²) < 4.78 is 23.9. The minimum atomic E-state index is -3.05. The van der Waals surface area contributed by atoms with Gasteiger partial charge in [-0.25, -0.2) is 8.42 Å². The average molecular weight is 373 g/mol. The molecule has 0 aliphatic carbocycles. The minimum Gasteiger partial charge on any atom is -0.316 e. The van der Waals surface area contributed by atoms with Gasteiger partial charge in [0.2, 0.25) is 5.91 Å². The van der Waals surface area contributed by atoms with Crippen LogP contribution in [0.5, 0.6) is 0 Å². The van der Waals surface area contributed by atoms with Crippen LogP contribution in [0, 0.1) is 0 Å². The van der Waals surface area contributed by atoms with E-state index in [-0.39, 0.29) is 28.7 Å². The van der Waals surface area contributed by atoms with E-state index in [9.17, 15) is 13.2 Å². The molecule has 0 saturated carbocycles. The zero-order valence-electron chi connectivity index (χ0n) is 12.6. The number of hydrogen-bond acceptors (Lipinski definition) is 4. The van der Waals surface area contributed by atoms with Crippen molar-refractivity contribution in [3.8, 4) is 0 Å². The van der Waals surface area contributed by atoms with Gasteiger partial charge in [0.25, 0.3) is 0 Å². The van der Waals surface area contributed by atoms with Crippen molar-refractivity contribution < 1.29 is 13.2 Å².